The van der Waals surface area contributed by atoms with Crippen molar-refractivity contribution in [3.05, 3.63) is 83.3 Å². The zero-order valence-corrected chi connectivity index (χ0v) is 14.0. The number of rotatable bonds is 5. The summed E-state index contributed by atoms with van der Waals surface area (Å²) in [4.78, 5) is 20.6. The molecule has 0 aliphatic carbocycles. The lowest BCUT2D eigenvalue weighted by molar-refractivity contribution is 0.102. The van der Waals surface area contributed by atoms with E-state index in [9.17, 15) is 13.6 Å². The molecule has 26 heavy (non-hydrogen) atoms. The van der Waals surface area contributed by atoms with Crippen LogP contribution in [0.2, 0.25) is 0 Å². The van der Waals surface area contributed by atoms with Crippen molar-refractivity contribution in [2.75, 3.05) is 10.6 Å². The second-order valence-electron chi connectivity index (χ2n) is 5.58. The van der Waals surface area contributed by atoms with Gasteiger partial charge < -0.3 is 10.6 Å². The quantitative estimate of drug-likeness (QED) is 0.729. The maximum absolute atomic E-state index is 13.7. The molecule has 0 unspecified atom stereocenters. The predicted molar refractivity (Wildman–Crippen MR) is 94.8 cm³/mol. The van der Waals surface area contributed by atoms with Crippen LogP contribution in [0.15, 0.2) is 54.6 Å². The van der Waals surface area contributed by atoms with E-state index in [2.05, 4.69) is 20.6 Å². The summed E-state index contributed by atoms with van der Waals surface area (Å²) in [6, 6.07) is 14.5. The number of nitrogens with zero attached hydrogens (tertiary/aromatic N) is 2. The number of aryl methyl sites for hydroxylation is 1. The predicted octanol–water partition coefficient (Wildman–Crippen LogP) is 3.93. The van der Waals surface area contributed by atoms with Crippen LogP contribution in [0.5, 0.6) is 0 Å². The Morgan fingerprint density at radius 1 is 1.00 bits per heavy atom. The summed E-state index contributed by atoms with van der Waals surface area (Å²) < 4.78 is 27.4. The summed E-state index contributed by atoms with van der Waals surface area (Å²) >= 11 is 0. The van der Waals surface area contributed by atoms with E-state index in [1.165, 1.54) is 12.1 Å². The van der Waals surface area contributed by atoms with Crippen molar-refractivity contribution in [2.45, 2.75) is 13.5 Å². The maximum atomic E-state index is 13.7. The largest absolute Gasteiger partial charge is 0.366 e. The molecule has 1 heterocycles. The molecule has 0 fully saturated rings. The summed E-state index contributed by atoms with van der Waals surface area (Å²) in [5.41, 5.74) is 0.548. The fourth-order valence-electron chi connectivity index (χ4n) is 2.36. The summed E-state index contributed by atoms with van der Waals surface area (Å²) in [5, 5.41) is 5.32. The van der Waals surface area contributed by atoms with E-state index in [1.807, 2.05) is 30.3 Å². The Hall–Kier alpha value is -3.35. The topological polar surface area (TPSA) is 66.9 Å². The molecule has 0 radical (unpaired) electrons. The van der Waals surface area contributed by atoms with Gasteiger partial charge in [-0.15, -0.1) is 0 Å². The number of carbonyl (C=O) groups is 1. The lowest BCUT2D eigenvalue weighted by Crippen LogP contribution is -2.17. The van der Waals surface area contributed by atoms with Gasteiger partial charge in [-0.3, -0.25) is 4.79 Å². The summed E-state index contributed by atoms with van der Waals surface area (Å²) in [6.07, 6.45) is 0. The third-order valence-corrected chi connectivity index (χ3v) is 3.59. The molecule has 3 aromatic rings. The highest BCUT2D eigenvalue weighted by atomic mass is 19.1. The molecule has 7 heteroatoms. The molecule has 0 saturated carbocycles. The second kappa shape index (κ2) is 7.69. The molecule has 0 spiro atoms. The molecule has 0 atom stereocenters. The zero-order chi connectivity index (χ0) is 18.5. The number of carbonyl (C=O) groups excluding carboxylic acids is 1. The van der Waals surface area contributed by atoms with Crippen molar-refractivity contribution in [3.8, 4) is 0 Å². The van der Waals surface area contributed by atoms with E-state index in [4.69, 9.17) is 0 Å². The summed E-state index contributed by atoms with van der Waals surface area (Å²) in [6.45, 7) is 2.15. The van der Waals surface area contributed by atoms with Crippen molar-refractivity contribution in [2.24, 2.45) is 0 Å². The maximum Gasteiger partial charge on any atom is 0.274 e. The monoisotopic (exact) mass is 354 g/mol. The number of halogens is 2. The Bertz CT molecular complexity index is 912. The van der Waals surface area contributed by atoms with Gasteiger partial charge in [-0.2, -0.15) is 0 Å². The fourth-order valence-corrected chi connectivity index (χ4v) is 2.36. The number of nitrogens with one attached hydrogen (secondary N) is 2. The van der Waals surface area contributed by atoms with Gasteiger partial charge in [0.05, 0.1) is 0 Å². The van der Waals surface area contributed by atoms with Gasteiger partial charge in [-0.1, -0.05) is 36.4 Å². The highest BCUT2D eigenvalue weighted by molar-refractivity contribution is 6.03. The Morgan fingerprint density at radius 3 is 2.38 bits per heavy atom. The molecular weight excluding hydrogens is 338 g/mol. The molecule has 132 valence electrons. The molecule has 2 N–H and O–H groups in total. The normalized spacial score (nSPS) is 10.4. The average Bonchev–Trinajstić information content (AvgIpc) is 2.63. The van der Waals surface area contributed by atoms with Gasteiger partial charge >= 0.3 is 0 Å². The molecule has 0 saturated heterocycles. The van der Waals surface area contributed by atoms with Crippen LogP contribution in [0.25, 0.3) is 0 Å². The van der Waals surface area contributed by atoms with Gasteiger partial charge in [0.15, 0.2) is 0 Å². The number of aromatic nitrogens is 2. The first-order valence-corrected chi connectivity index (χ1v) is 7.92. The molecular formula is C19H16F2N4O. The molecule has 1 aromatic heterocycles. The molecule has 0 aliphatic heterocycles. The third kappa shape index (κ3) is 4.18. The van der Waals surface area contributed by atoms with E-state index in [1.54, 1.807) is 6.92 Å². The van der Waals surface area contributed by atoms with Gasteiger partial charge in [0.25, 0.3) is 5.91 Å². The van der Waals surface area contributed by atoms with Crippen LogP contribution in [-0.2, 0) is 6.54 Å². The molecule has 3 rings (SSSR count). The second-order valence-corrected chi connectivity index (χ2v) is 5.58. The fraction of sp³-hybridized carbons (Fsp3) is 0.105. The molecule has 0 bridgehead atoms. The van der Waals surface area contributed by atoms with Gasteiger partial charge in [-0.05, 0) is 24.6 Å². The molecule has 2 aromatic carbocycles. The Morgan fingerprint density at radius 2 is 1.69 bits per heavy atom. The Kier molecular flexibility index (Phi) is 5.17. The number of benzene rings is 2. The van der Waals surface area contributed by atoms with Crippen LogP contribution in [-0.4, -0.2) is 15.9 Å². The van der Waals surface area contributed by atoms with E-state index in [-0.39, 0.29) is 5.69 Å². The Labute approximate surface area is 149 Å². The van der Waals surface area contributed by atoms with E-state index >= 15 is 0 Å². The first-order chi connectivity index (χ1) is 12.5. The number of para-hydroxylation sites is 1. The van der Waals surface area contributed by atoms with E-state index in [0.717, 1.165) is 17.7 Å². The van der Waals surface area contributed by atoms with Crippen LogP contribution in [0.3, 0.4) is 0 Å². The van der Waals surface area contributed by atoms with Crippen LogP contribution in [0.1, 0.15) is 21.9 Å². The standard InChI is InChI=1S/C19H16F2N4O/c1-12-23-16(19(26)25-18-14(20)8-5-9-15(18)21)10-17(24-12)22-11-13-6-3-2-4-7-13/h2-10H,11H2,1H3,(H,25,26)(H,22,23,24). The average molecular weight is 354 g/mol. The van der Waals surface area contributed by atoms with Crippen molar-refractivity contribution in [1.82, 2.24) is 9.97 Å². The smallest absolute Gasteiger partial charge is 0.274 e. The minimum Gasteiger partial charge on any atom is -0.366 e. The third-order valence-electron chi connectivity index (χ3n) is 3.59. The van der Waals surface area contributed by atoms with Crippen LogP contribution in [0, 0.1) is 18.6 Å². The van der Waals surface area contributed by atoms with Crippen molar-refractivity contribution < 1.29 is 13.6 Å². The lowest BCUT2D eigenvalue weighted by Gasteiger charge is -2.10. The highest BCUT2D eigenvalue weighted by Crippen LogP contribution is 2.19. The Balaban J connectivity index is 1.77. The molecule has 5 nitrogen and oxygen atoms in total. The van der Waals surface area contributed by atoms with E-state index in [0.29, 0.717) is 18.2 Å². The van der Waals surface area contributed by atoms with Gasteiger partial charge in [0.2, 0.25) is 0 Å². The van der Waals surface area contributed by atoms with Crippen LogP contribution >= 0.6 is 0 Å². The van der Waals surface area contributed by atoms with E-state index < -0.39 is 23.2 Å². The van der Waals surface area contributed by atoms with Gasteiger partial charge in [0, 0.05) is 12.6 Å². The van der Waals surface area contributed by atoms with Gasteiger partial charge in [0.1, 0.15) is 34.7 Å². The van der Waals surface area contributed by atoms with Crippen molar-refractivity contribution in [1.29, 1.82) is 0 Å². The summed E-state index contributed by atoms with van der Waals surface area (Å²) in [5.74, 6) is -1.62. The molecule has 1 amide bonds. The van der Waals surface area contributed by atoms with Crippen LogP contribution in [0.4, 0.5) is 20.3 Å². The number of amides is 1. The first kappa shape index (κ1) is 17.5. The zero-order valence-electron chi connectivity index (χ0n) is 14.0. The minimum atomic E-state index is -0.855. The van der Waals surface area contributed by atoms with Crippen LogP contribution < -0.4 is 10.6 Å². The number of anilines is 2. The van der Waals surface area contributed by atoms with Crippen molar-refractivity contribution in [3.63, 3.8) is 0 Å². The number of hydrogen-bond donors (Lipinski definition) is 2. The lowest BCUT2D eigenvalue weighted by atomic mass is 10.2. The highest BCUT2D eigenvalue weighted by Gasteiger charge is 2.15. The summed E-state index contributed by atoms with van der Waals surface area (Å²) in [7, 11) is 0. The SMILES string of the molecule is Cc1nc(NCc2ccccc2)cc(C(=O)Nc2c(F)cccc2F)n1. The van der Waals surface area contributed by atoms with Gasteiger partial charge in [-0.25, -0.2) is 18.7 Å². The minimum absolute atomic E-state index is 0.00992. The molecule has 0 aliphatic rings. The first-order valence-electron chi connectivity index (χ1n) is 7.92. The number of hydrogen-bond acceptors (Lipinski definition) is 4. The van der Waals surface area contributed by atoms with Crippen molar-refractivity contribution >= 4 is 17.4 Å².